The fourth-order valence-electron chi connectivity index (χ4n) is 5.19. The highest BCUT2D eigenvalue weighted by Gasteiger charge is 2.34. The van der Waals surface area contributed by atoms with Crippen molar-refractivity contribution in [1.82, 2.24) is 5.32 Å². The Morgan fingerprint density at radius 1 is 0.917 bits per heavy atom. The third-order valence-electron chi connectivity index (χ3n) is 7.06. The van der Waals surface area contributed by atoms with Crippen LogP contribution in [0.1, 0.15) is 79.1 Å². The summed E-state index contributed by atoms with van der Waals surface area (Å²) in [6.45, 7) is 13.2. The number of quaternary nitrogens is 1. The van der Waals surface area contributed by atoms with Crippen molar-refractivity contribution in [3.05, 3.63) is 0 Å². The van der Waals surface area contributed by atoms with E-state index in [2.05, 4.69) is 33.0 Å². The van der Waals surface area contributed by atoms with E-state index < -0.39 is 0 Å². The second kappa shape index (κ2) is 9.22. The van der Waals surface area contributed by atoms with Crippen LogP contribution in [0, 0.1) is 17.8 Å². The summed E-state index contributed by atoms with van der Waals surface area (Å²) in [6, 6.07) is 0.386. The molecule has 140 valence electrons. The topological polar surface area (TPSA) is 29.1 Å². The average Bonchev–Trinajstić information content (AvgIpc) is 2.58. The Labute approximate surface area is 150 Å². The predicted molar refractivity (Wildman–Crippen MR) is 102 cm³/mol. The Balaban J connectivity index is 1.93. The van der Waals surface area contributed by atoms with Gasteiger partial charge in [-0.3, -0.25) is 4.79 Å². The number of hydrogen-bond acceptors (Lipinski definition) is 1. The van der Waals surface area contributed by atoms with Gasteiger partial charge in [-0.25, -0.2) is 0 Å². The van der Waals surface area contributed by atoms with E-state index >= 15 is 0 Å². The Kier molecular flexibility index (Phi) is 7.59. The lowest BCUT2D eigenvalue weighted by Gasteiger charge is -2.41. The van der Waals surface area contributed by atoms with Gasteiger partial charge < -0.3 is 9.80 Å². The van der Waals surface area contributed by atoms with Crippen molar-refractivity contribution in [1.29, 1.82) is 0 Å². The molecule has 3 nitrogen and oxygen atoms in total. The van der Waals surface area contributed by atoms with Gasteiger partial charge in [-0.05, 0) is 51.4 Å². The molecule has 0 heterocycles. The third-order valence-corrected chi connectivity index (χ3v) is 7.06. The standard InChI is InChI=1S/C21H40N2O/c1-5-23(6-2,15-19-13-8-7-9-14-19)16-20(24)22-21-17(3)11-10-12-18(21)4/h17-19,21H,5-16H2,1-4H3/p+1. The molecular weight excluding hydrogens is 296 g/mol. The lowest BCUT2D eigenvalue weighted by atomic mass is 9.78. The summed E-state index contributed by atoms with van der Waals surface area (Å²) in [4.78, 5) is 12.9. The summed E-state index contributed by atoms with van der Waals surface area (Å²) < 4.78 is 0.978. The molecule has 24 heavy (non-hydrogen) atoms. The fraction of sp³-hybridized carbons (Fsp3) is 0.952. The zero-order chi connectivity index (χ0) is 17.6. The molecule has 0 aromatic rings. The number of carbonyl (C=O) groups excluding carboxylic acids is 1. The van der Waals surface area contributed by atoms with Crippen molar-refractivity contribution in [3.63, 3.8) is 0 Å². The molecule has 2 atom stereocenters. The summed E-state index contributed by atoms with van der Waals surface area (Å²) in [5.74, 6) is 2.38. The molecule has 1 amide bonds. The Bertz CT molecular complexity index is 375. The normalized spacial score (nSPS) is 29.4. The summed E-state index contributed by atoms with van der Waals surface area (Å²) in [5, 5.41) is 3.42. The highest BCUT2D eigenvalue weighted by atomic mass is 16.2. The number of hydrogen-bond donors (Lipinski definition) is 1. The van der Waals surface area contributed by atoms with Crippen LogP contribution in [0.2, 0.25) is 0 Å². The number of amides is 1. The minimum absolute atomic E-state index is 0.292. The minimum atomic E-state index is 0.292. The number of nitrogens with one attached hydrogen (secondary N) is 1. The van der Waals surface area contributed by atoms with Crippen molar-refractivity contribution < 1.29 is 9.28 Å². The second-order valence-corrected chi connectivity index (χ2v) is 8.80. The van der Waals surface area contributed by atoms with Gasteiger partial charge in [0.2, 0.25) is 0 Å². The number of likely N-dealkylation sites (N-methyl/N-ethyl adjacent to an activating group) is 1. The van der Waals surface area contributed by atoms with Crippen molar-refractivity contribution in [3.8, 4) is 0 Å². The number of carbonyl (C=O) groups is 1. The quantitative estimate of drug-likeness (QED) is 0.687. The molecule has 2 aliphatic rings. The molecule has 2 fully saturated rings. The lowest BCUT2D eigenvalue weighted by Crippen LogP contribution is -2.57. The van der Waals surface area contributed by atoms with Gasteiger partial charge in [0.25, 0.3) is 5.91 Å². The summed E-state index contributed by atoms with van der Waals surface area (Å²) in [7, 11) is 0. The largest absolute Gasteiger partial charge is 0.348 e. The molecule has 2 saturated carbocycles. The van der Waals surface area contributed by atoms with E-state index in [1.54, 1.807) is 0 Å². The van der Waals surface area contributed by atoms with Crippen molar-refractivity contribution in [2.75, 3.05) is 26.2 Å². The van der Waals surface area contributed by atoms with E-state index in [1.807, 2.05) is 0 Å². The highest BCUT2D eigenvalue weighted by molar-refractivity contribution is 5.77. The van der Waals surface area contributed by atoms with Crippen LogP contribution in [0.5, 0.6) is 0 Å². The van der Waals surface area contributed by atoms with E-state index in [4.69, 9.17) is 0 Å². The molecule has 2 rings (SSSR count). The van der Waals surface area contributed by atoms with E-state index in [-0.39, 0.29) is 0 Å². The Morgan fingerprint density at radius 3 is 2.04 bits per heavy atom. The summed E-state index contributed by atoms with van der Waals surface area (Å²) in [6.07, 6.45) is 10.8. The molecular formula is C21H41N2O+. The lowest BCUT2D eigenvalue weighted by molar-refractivity contribution is -0.920. The van der Waals surface area contributed by atoms with Gasteiger partial charge in [-0.15, -0.1) is 0 Å². The summed E-state index contributed by atoms with van der Waals surface area (Å²) in [5.41, 5.74) is 0. The molecule has 0 aromatic heterocycles. The molecule has 0 aromatic carbocycles. The highest BCUT2D eigenvalue weighted by Crippen LogP contribution is 2.29. The molecule has 0 aliphatic heterocycles. The SMILES string of the molecule is CC[N+](CC)(CC(=O)NC1C(C)CCCC1C)CC1CCCCC1. The maximum atomic E-state index is 12.9. The van der Waals surface area contributed by atoms with Gasteiger partial charge >= 0.3 is 0 Å². The molecule has 0 bridgehead atoms. The first-order valence-corrected chi connectivity index (χ1v) is 10.6. The average molecular weight is 338 g/mol. The smallest absolute Gasteiger partial charge is 0.275 e. The monoisotopic (exact) mass is 337 g/mol. The molecule has 0 saturated heterocycles. The van der Waals surface area contributed by atoms with Gasteiger partial charge in [0, 0.05) is 12.0 Å². The van der Waals surface area contributed by atoms with E-state index in [0.29, 0.717) is 30.3 Å². The first kappa shape index (κ1) is 19.8. The molecule has 3 heteroatoms. The number of nitrogens with zero attached hydrogens (tertiary/aromatic N) is 1. The zero-order valence-electron chi connectivity index (χ0n) is 16.7. The predicted octanol–water partition coefficient (Wildman–Crippen LogP) is 4.36. The zero-order valence-corrected chi connectivity index (χ0v) is 16.7. The third kappa shape index (κ3) is 5.21. The molecule has 0 radical (unpaired) electrons. The van der Waals surface area contributed by atoms with Crippen LogP contribution in [-0.4, -0.2) is 42.6 Å². The van der Waals surface area contributed by atoms with Gasteiger partial charge in [-0.1, -0.05) is 39.5 Å². The minimum Gasteiger partial charge on any atom is -0.348 e. The maximum Gasteiger partial charge on any atom is 0.275 e. The van der Waals surface area contributed by atoms with E-state index in [1.165, 1.54) is 57.9 Å². The van der Waals surface area contributed by atoms with Crippen LogP contribution in [0.4, 0.5) is 0 Å². The van der Waals surface area contributed by atoms with E-state index in [0.717, 1.165) is 23.5 Å². The fourth-order valence-corrected chi connectivity index (χ4v) is 5.19. The molecule has 2 aliphatic carbocycles. The maximum absolute atomic E-state index is 12.9. The van der Waals surface area contributed by atoms with Crippen LogP contribution < -0.4 is 5.32 Å². The van der Waals surface area contributed by atoms with Crippen molar-refractivity contribution >= 4 is 5.91 Å². The first-order valence-electron chi connectivity index (χ1n) is 10.6. The van der Waals surface area contributed by atoms with Crippen LogP contribution >= 0.6 is 0 Å². The van der Waals surface area contributed by atoms with Gasteiger partial charge in [0.15, 0.2) is 6.54 Å². The second-order valence-electron chi connectivity index (χ2n) is 8.80. The first-order chi connectivity index (χ1) is 11.5. The number of rotatable bonds is 7. The Hall–Kier alpha value is -0.570. The van der Waals surface area contributed by atoms with Gasteiger partial charge in [0.1, 0.15) is 0 Å². The van der Waals surface area contributed by atoms with Gasteiger partial charge in [0.05, 0.1) is 19.6 Å². The van der Waals surface area contributed by atoms with E-state index in [9.17, 15) is 4.79 Å². The Morgan fingerprint density at radius 2 is 1.50 bits per heavy atom. The van der Waals surface area contributed by atoms with Crippen molar-refractivity contribution in [2.24, 2.45) is 17.8 Å². The molecule has 0 spiro atoms. The van der Waals surface area contributed by atoms with Crippen LogP contribution in [0.15, 0.2) is 0 Å². The summed E-state index contributed by atoms with van der Waals surface area (Å²) >= 11 is 0. The molecule has 2 unspecified atom stereocenters. The van der Waals surface area contributed by atoms with Crippen LogP contribution in [0.25, 0.3) is 0 Å². The van der Waals surface area contributed by atoms with Crippen LogP contribution in [-0.2, 0) is 4.79 Å². The van der Waals surface area contributed by atoms with Gasteiger partial charge in [-0.2, -0.15) is 0 Å². The molecule has 1 N–H and O–H groups in total. The van der Waals surface area contributed by atoms with Crippen LogP contribution in [0.3, 0.4) is 0 Å². The van der Waals surface area contributed by atoms with Crippen molar-refractivity contribution in [2.45, 2.75) is 85.1 Å².